The second kappa shape index (κ2) is 8.33. The monoisotopic (exact) mass is 368 g/mol. The van der Waals surface area contributed by atoms with Crippen LogP contribution in [0.4, 0.5) is 10.6 Å². The Morgan fingerprint density at radius 3 is 2.32 bits per heavy atom. The van der Waals surface area contributed by atoms with Crippen LogP contribution in [0.5, 0.6) is 0 Å². The van der Waals surface area contributed by atoms with Crippen molar-refractivity contribution in [3.05, 3.63) is 23.9 Å². The first-order chi connectivity index (χ1) is 11.4. The van der Waals surface area contributed by atoms with Crippen LogP contribution in [0.3, 0.4) is 0 Å². The minimum Gasteiger partial charge on any atom is -0.481 e. The van der Waals surface area contributed by atoms with E-state index in [2.05, 4.69) is 10.3 Å². The Kier molecular flexibility index (Phi) is 6.98. The predicted molar refractivity (Wildman–Crippen MR) is 96.7 cm³/mol. The Hall–Kier alpha value is -2.09. The molecule has 1 aromatic rings. The molecule has 0 aromatic carbocycles. The first-order valence-electron chi connectivity index (χ1n) is 7.73. The maximum absolute atomic E-state index is 11.7. The number of hydrogen-bond donors (Lipinski definition) is 2. The van der Waals surface area contributed by atoms with Gasteiger partial charge in [-0.05, 0) is 45.7 Å². The molecule has 0 bridgehead atoms. The summed E-state index contributed by atoms with van der Waals surface area (Å²) in [5.74, 6) is -0.486. The molecule has 1 atom stereocenters. The van der Waals surface area contributed by atoms with E-state index in [1.54, 1.807) is 39.8 Å². The van der Waals surface area contributed by atoms with Crippen LogP contribution in [0.1, 0.15) is 40.2 Å². The molecule has 0 aliphatic carbocycles. The fourth-order valence-corrected chi connectivity index (χ4v) is 2.66. The third-order valence-corrected chi connectivity index (χ3v) is 4.35. The van der Waals surface area contributed by atoms with Gasteiger partial charge in [0, 0.05) is 18.9 Å². The molecule has 8 heteroatoms. The zero-order chi connectivity index (χ0) is 19.3. The van der Waals surface area contributed by atoms with Crippen LogP contribution in [-0.2, 0) is 20.7 Å². The Morgan fingerprint density at radius 2 is 1.88 bits per heavy atom. The molecule has 1 amide bonds. The average Bonchev–Trinajstić information content (AvgIpc) is 2.45. The van der Waals surface area contributed by atoms with Crippen molar-refractivity contribution >= 4 is 34.8 Å². The van der Waals surface area contributed by atoms with E-state index < -0.39 is 23.1 Å². The maximum atomic E-state index is 11.7. The summed E-state index contributed by atoms with van der Waals surface area (Å²) in [4.78, 5) is 38.5. The molecule has 7 nitrogen and oxygen atoms in total. The SMILES string of the molecule is CC(=O)SCC(C)(Cc1ccc(NC(=O)OC(C)(C)C)nc1)C(=O)O. The number of carbonyl (C=O) groups is 3. The minimum atomic E-state index is -1.09. The number of anilines is 1. The summed E-state index contributed by atoms with van der Waals surface area (Å²) in [6.45, 7) is 8.28. The Labute approximate surface area is 151 Å². The largest absolute Gasteiger partial charge is 0.481 e. The standard InChI is InChI=1S/C17H24N2O5S/c1-11(20)25-10-17(5,14(21)22)8-12-6-7-13(18-9-12)19-15(23)24-16(2,3)4/h6-7,9H,8,10H2,1-5H3,(H,21,22)(H,18,19,23). The lowest BCUT2D eigenvalue weighted by Gasteiger charge is -2.24. The van der Waals surface area contributed by atoms with E-state index in [1.807, 2.05) is 0 Å². The minimum absolute atomic E-state index is 0.123. The number of nitrogens with zero attached hydrogens (tertiary/aromatic N) is 1. The zero-order valence-electron chi connectivity index (χ0n) is 15.1. The molecular formula is C17H24N2O5S. The molecule has 25 heavy (non-hydrogen) atoms. The summed E-state index contributed by atoms with van der Waals surface area (Å²) < 4.78 is 5.14. The second-order valence-corrected chi connectivity index (χ2v) is 8.15. The van der Waals surface area contributed by atoms with Gasteiger partial charge in [0.1, 0.15) is 11.4 Å². The van der Waals surface area contributed by atoms with E-state index in [0.29, 0.717) is 11.4 Å². The normalized spacial score (nSPS) is 13.6. The van der Waals surface area contributed by atoms with Gasteiger partial charge < -0.3 is 9.84 Å². The molecule has 0 aliphatic rings. The molecule has 0 aliphatic heterocycles. The molecule has 0 saturated heterocycles. The average molecular weight is 368 g/mol. The number of carbonyl (C=O) groups excluding carboxylic acids is 2. The van der Waals surface area contributed by atoms with E-state index >= 15 is 0 Å². The third-order valence-electron chi connectivity index (χ3n) is 3.16. The van der Waals surface area contributed by atoms with E-state index in [-0.39, 0.29) is 17.3 Å². The van der Waals surface area contributed by atoms with E-state index in [0.717, 1.165) is 11.8 Å². The number of carboxylic acid groups (broad SMARTS) is 1. The van der Waals surface area contributed by atoms with Gasteiger partial charge in [0.25, 0.3) is 0 Å². The van der Waals surface area contributed by atoms with Crippen LogP contribution in [0.25, 0.3) is 0 Å². The lowest BCUT2D eigenvalue weighted by Crippen LogP contribution is -2.33. The number of aliphatic carboxylic acids is 1. The number of amides is 1. The van der Waals surface area contributed by atoms with Gasteiger partial charge >= 0.3 is 12.1 Å². The van der Waals surface area contributed by atoms with Gasteiger partial charge in [-0.3, -0.25) is 14.9 Å². The van der Waals surface area contributed by atoms with Crippen LogP contribution in [0.2, 0.25) is 0 Å². The van der Waals surface area contributed by atoms with Crippen LogP contribution >= 0.6 is 11.8 Å². The molecule has 0 saturated carbocycles. The topological polar surface area (TPSA) is 106 Å². The van der Waals surface area contributed by atoms with E-state index in [1.165, 1.54) is 13.1 Å². The molecule has 0 spiro atoms. The smallest absolute Gasteiger partial charge is 0.413 e. The van der Waals surface area contributed by atoms with Crippen molar-refractivity contribution in [2.45, 2.75) is 46.6 Å². The van der Waals surface area contributed by atoms with Crippen molar-refractivity contribution in [2.24, 2.45) is 5.41 Å². The molecule has 2 N–H and O–H groups in total. The number of ether oxygens (including phenoxy) is 1. The van der Waals surface area contributed by atoms with Gasteiger partial charge in [-0.2, -0.15) is 0 Å². The lowest BCUT2D eigenvalue weighted by molar-refractivity contribution is -0.146. The highest BCUT2D eigenvalue weighted by Gasteiger charge is 2.34. The summed E-state index contributed by atoms with van der Waals surface area (Å²) in [6.07, 6.45) is 1.12. The van der Waals surface area contributed by atoms with Crippen LogP contribution in [0, 0.1) is 5.41 Å². The van der Waals surface area contributed by atoms with E-state index in [4.69, 9.17) is 4.74 Å². The van der Waals surface area contributed by atoms with Gasteiger partial charge in [0.15, 0.2) is 5.12 Å². The highest BCUT2D eigenvalue weighted by molar-refractivity contribution is 8.13. The summed E-state index contributed by atoms with van der Waals surface area (Å²) in [5, 5.41) is 11.9. The van der Waals surface area contributed by atoms with Gasteiger partial charge in [-0.15, -0.1) is 0 Å². The van der Waals surface area contributed by atoms with Crippen molar-refractivity contribution < 1.29 is 24.2 Å². The molecule has 0 radical (unpaired) electrons. The third kappa shape index (κ3) is 7.55. The van der Waals surface area contributed by atoms with Crippen LogP contribution < -0.4 is 5.32 Å². The fraction of sp³-hybridized carbons (Fsp3) is 0.529. The molecule has 1 heterocycles. The molecule has 1 rings (SSSR count). The number of carboxylic acids is 1. The van der Waals surface area contributed by atoms with Crippen molar-refractivity contribution in [3.8, 4) is 0 Å². The molecule has 1 aromatic heterocycles. The van der Waals surface area contributed by atoms with Gasteiger partial charge in [-0.1, -0.05) is 17.8 Å². The molecule has 0 fully saturated rings. The van der Waals surface area contributed by atoms with Gasteiger partial charge in [-0.25, -0.2) is 9.78 Å². The van der Waals surface area contributed by atoms with Crippen molar-refractivity contribution in [1.29, 1.82) is 0 Å². The van der Waals surface area contributed by atoms with E-state index in [9.17, 15) is 19.5 Å². The quantitative estimate of drug-likeness (QED) is 0.793. The predicted octanol–water partition coefficient (Wildman–Crippen LogP) is 3.34. The number of nitrogens with one attached hydrogen (secondary N) is 1. The Morgan fingerprint density at radius 1 is 1.24 bits per heavy atom. The number of pyridine rings is 1. The number of rotatable bonds is 6. The summed E-state index contributed by atoms with van der Waals surface area (Å²) in [7, 11) is 0. The maximum Gasteiger partial charge on any atom is 0.413 e. The first kappa shape index (κ1) is 21.0. The Balaban J connectivity index is 2.76. The van der Waals surface area contributed by atoms with Gasteiger partial charge in [0.05, 0.1) is 5.41 Å². The highest BCUT2D eigenvalue weighted by Crippen LogP contribution is 2.28. The van der Waals surface area contributed by atoms with Crippen LogP contribution in [0.15, 0.2) is 18.3 Å². The lowest BCUT2D eigenvalue weighted by atomic mass is 9.86. The number of aromatic nitrogens is 1. The van der Waals surface area contributed by atoms with Crippen molar-refractivity contribution in [3.63, 3.8) is 0 Å². The van der Waals surface area contributed by atoms with Gasteiger partial charge in [0.2, 0.25) is 0 Å². The second-order valence-electron chi connectivity index (χ2n) is 7.00. The highest BCUT2D eigenvalue weighted by atomic mass is 32.2. The summed E-state index contributed by atoms with van der Waals surface area (Å²) in [5.41, 5.74) is -0.997. The molecule has 1 unspecified atom stereocenters. The fourth-order valence-electron chi connectivity index (χ4n) is 1.91. The number of thioether (sulfide) groups is 1. The zero-order valence-corrected chi connectivity index (χ0v) is 15.9. The summed E-state index contributed by atoms with van der Waals surface area (Å²) >= 11 is 0.989. The van der Waals surface area contributed by atoms with Crippen molar-refractivity contribution in [2.75, 3.05) is 11.1 Å². The molecular weight excluding hydrogens is 344 g/mol. The van der Waals surface area contributed by atoms with Crippen molar-refractivity contribution in [1.82, 2.24) is 4.98 Å². The first-order valence-corrected chi connectivity index (χ1v) is 8.71. The van der Waals surface area contributed by atoms with Crippen LogP contribution in [-0.4, -0.2) is 38.6 Å². The number of hydrogen-bond acceptors (Lipinski definition) is 6. The Bertz CT molecular complexity index is 639. The molecule has 138 valence electrons. The summed E-state index contributed by atoms with van der Waals surface area (Å²) in [6, 6.07) is 3.28.